The van der Waals surface area contributed by atoms with Gasteiger partial charge in [0.15, 0.2) is 5.54 Å². The van der Waals surface area contributed by atoms with Crippen LogP contribution in [0.2, 0.25) is 5.02 Å². The molecule has 1 amide bonds. The summed E-state index contributed by atoms with van der Waals surface area (Å²) in [5, 5.41) is 3.55. The van der Waals surface area contributed by atoms with Crippen LogP contribution in [0, 0.1) is 6.92 Å². The van der Waals surface area contributed by atoms with Crippen LogP contribution in [0.5, 0.6) is 0 Å². The Morgan fingerprint density at radius 2 is 1.85 bits per heavy atom. The molecule has 0 unspecified atom stereocenters. The lowest BCUT2D eigenvalue weighted by Crippen LogP contribution is -2.64. The van der Waals surface area contributed by atoms with Crippen molar-refractivity contribution in [2.45, 2.75) is 58.4 Å². The Hall–Kier alpha value is -1.59. The smallest absolute Gasteiger partial charge is 0.340 e. The second-order valence-electron chi connectivity index (χ2n) is 7.82. The number of likely N-dealkylation sites (tertiary alicyclic amines) is 1. The van der Waals surface area contributed by atoms with Gasteiger partial charge in [0.2, 0.25) is 0 Å². The van der Waals surface area contributed by atoms with E-state index in [9.17, 15) is 9.59 Å². The molecule has 148 valence electrons. The predicted octanol–water partition coefficient (Wildman–Crippen LogP) is 4.32. The molecule has 0 atom stereocenters. The fraction of sp³-hybridized carbons (Fsp3) is 0.619. The first-order valence-corrected chi connectivity index (χ1v) is 10.4. The Balaban J connectivity index is 1.91. The van der Waals surface area contributed by atoms with Gasteiger partial charge in [0.1, 0.15) is 0 Å². The zero-order valence-electron chi connectivity index (χ0n) is 16.6. The van der Waals surface area contributed by atoms with Crippen LogP contribution in [0.25, 0.3) is 0 Å². The normalized spacial score (nSPS) is 20.0. The first-order valence-electron chi connectivity index (χ1n) is 10.0. The van der Waals surface area contributed by atoms with E-state index in [0.29, 0.717) is 16.3 Å². The monoisotopic (exact) mass is 393 g/mol. The molecule has 0 bridgehead atoms. The van der Waals surface area contributed by atoms with Crippen molar-refractivity contribution < 1.29 is 18.8 Å². The van der Waals surface area contributed by atoms with Crippen molar-refractivity contribution in [1.29, 1.82) is 0 Å². The van der Waals surface area contributed by atoms with Crippen molar-refractivity contribution >= 4 is 29.2 Å². The lowest BCUT2D eigenvalue weighted by Gasteiger charge is -2.46. The Kier molecular flexibility index (Phi) is 5.82. The van der Waals surface area contributed by atoms with Crippen molar-refractivity contribution in [2.24, 2.45) is 0 Å². The number of piperidine rings is 1. The van der Waals surface area contributed by atoms with Gasteiger partial charge in [0, 0.05) is 17.9 Å². The number of hydrogen-bond acceptors (Lipinski definition) is 3. The van der Waals surface area contributed by atoms with Crippen molar-refractivity contribution in [2.75, 3.05) is 31.6 Å². The summed E-state index contributed by atoms with van der Waals surface area (Å²) >= 11 is 6.15. The molecule has 0 spiro atoms. The lowest BCUT2D eigenvalue weighted by atomic mass is 10.00. The number of likely N-dealkylation sites (N-methyl/N-ethyl adjacent to an activating group) is 1. The lowest BCUT2D eigenvalue weighted by molar-refractivity contribution is -0.955. The zero-order valence-corrected chi connectivity index (χ0v) is 17.3. The number of halogens is 1. The van der Waals surface area contributed by atoms with Crippen molar-refractivity contribution in [1.82, 2.24) is 0 Å². The molecule has 5 nitrogen and oxygen atoms in total. The molecule has 1 aliphatic carbocycles. The van der Waals surface area contributed by atoms with E-state index in [2.05, 4.69) is 12.2 Å². The third kappa shape index (κ3) is 3.59. The molecule has 0 radical (unpaired) electrons. The van der Waals surface area contributed by atoms with Gasteiger partial charge in [0.05, 0.1) is 37.5 Å². The van der Waals surface area contributed by atoms with E-state index in [1.54, 1.807) is 19.1 Å². The highest BCUT2D eigenvalue weighted by molar-refractivity contribution is 6.31. The summed E-state index contributed by atoms with van der Waals surface area (Å²) in [5.41, 5.74) is 1.28. The average Bonchev–Trinajstić information content (AvgIpc) is 3.46. The molecule has 1 aromatic carbocycles. The van der Waals surface area contributed by atoms with Crippen molar-refractivity contribution in [3.8, 4) is 0 Å². The number of anilines is 1. The van der Waals surface area contributed by atoms with E-state index in [4.69, 9.17) is 16.3 Å². The molecule has 1 saturated heterocycles. The van der Waals surface area contributed by atoms with Gasteiger partial charge in [-0.1, -0.05) is 11.6 Å². The Morgan fingerprint density at radius 3 is 2.41 bits per heavy atom. The number of amides is 1. The fourth-order valence-electron chi connectivity index (χ4n) is 4.71. The highest BCUT2D eigenvalue weighted by Gasteiger charge is 2.65. The number of carbonyl (C=O) groups excluding carboxylic acids is 2. The maximum atomic E-state index is 13.4. The number of quaternary nitrogens is 1. The van der Waals surface area contributed by atoms with E-state index in [1.165, 1.54) is 19.3 Å². The number of benzene rings is 1. The van der Waals surface area contributed by atoms with Gasteiger partial charge in [-0.05, 0) is 57.7 Å². The van der Waals surface area contributed by atoms with Gasteiger partial charge in [-0.25, -0.2) is 4.79 Å². The number of carbonyl (C=O) groups is 2. The number of aryl methyl sites for hydroxylation is 1. The van der Waals surface area contributed by atoms with Crippen LogP contribution < -0.4 is 5.32 Å². The summed E-state index contributed by atoms with van der Waals surface area (Å²) in [6, 6.07) is 3.34. The molecule has 1 aliphatic heterocycles. The second kappa shape index (κ2) is 7.80. The van der Waals surface area contributed by atoms with Crippen molar-refractivity contribution in [3.63, 3.8) is 0 Å². The molecule has 2 fully saturated rings. The van der Waals surface area contributed by atoms with E-state index >= 15 is 0 Å². The summed E-state index contributed by atoms with van der Waals surface area (Å²) in [5.74, 6) is -0.428. The standard InChI is InChI=1S/C21H29ClN2O3/c1-4-24(11-7-6-8-12-24)21(9-10-21)20(26)23-18-15(3)13-16(22)14-17(18)19(25)27-5-2/h13-14H,4-12H2,1-3H3/p+1. The third-order valence-corrected chi connectivity index (χ3v) is 6.58. The first-order chi connectivity index (χ1) is 12.9. The first kappa shape index (κ1) is 20.2. The Morgan fingerprint density at radius 1 is 1.19 bits per heavy atom. The number of nitrogens with one attached hydrogen (secondary N) is 1. The minimum Gasteiger partial charge on any atom is -0.462 e. The van der Waals surface area contributed by atoms with Crippen molar-refractivity contribution in [3.05, 3.63) is 28.3 Å². The highest BCUT2D eigenvalue weighted by Crippen LogP contribution is 2.49. The summed E-state index contributed by atoms with van der Waals surface area (Å²) in [6.07, 6.45) is 5.43. The van der Waals surface area contributed by atoms with Crippen LogP contribution in [0.1, 0.15) is 61.9 Å². The van der Waals surface area contributed by atoms with Gasteiger partial charge >= 0.3 is 5.97 Å². The molecule has 1 N–H and O–H groups in total. The van der Waals surface area contributed by atoms with E-state index in [-0.39, 0.29) is 18.1 Å². The molecule has 6 heteroatoms. The van der Waals surface area contributed by atoms with Crippen LogP contribution in [0.15, 0.2) is 12.1 Å². The maximum absolute atomic E-state index is 13.4. The topological polar surface area (TPSA) is 55.4 Å². The predicted molar refractivity (Wildman–Crippen MR) is 107 cm³/mol. The summed E-state index contributed by atoms with van der Waals surface area (Å²) in [4.78, 5) is 25.8. The number of hydrogen-bond donors (Lipinski definition) is 1. The third-order valence-electron chi connectivity index (χ3n) is 6.37. The fourth-order valence-corrected chi connectivity index (χ4v) is 4.98. The van der Waals surface area contributed by atoms with Crippen LogP contribution in [-0.4, -0.2) is 48.1 Å². The van der Waals surface area contributed by atoms with E-state index in [0.717, 1.165) is 42.5 Å². The van der Waals surface area contributed by atoms with Crippen LogP contribution in [0.4, 0.5) is 5.69 Å². The van der Waals surface area contributed by atoms with Gasteiger partial charge in [-0.3, -0.25) is 4.79 Å². The molecule has 1 saturated carbocycles. The summed E-state index contributed by atoms with van der Waals surface area (Å²) in [7, 11) is 0. The van der Waals surface area contributed by atoms with Crippen LogP contribution in [0.3, 0.4) is 0 Å². The molecular formula is C21H30ClN2O3+. The average molecular weight is 394 g/mol. The quantitative estimate of drug-likeness (QED) is 0.578. The van der Waals surface area contributed by atoms with Gasteiger partial charge in [-0.15, -0.1) is 0 Å². The molecule has 2 aliphatic rings. The van der Waals surface area contributed by atoms with Crippen LogP contribution >= 0.6 is 11.6 Å². The number of nitrogens with zero attached hydrogens (tertiary/aromatic N) is 1. The van der Waals surface area contributed by atoms with Crippen LogP contribution in [-0.2, 0) is 9.53 Å². The molecule has 0 aromatic heterocycles. The molecule has 1 aromatic rings. The second-order valence-corrected chi connectivity index (χ2v) is 8.26. The SMILES string of the molecule is CCOC(=O)c1cc(Cl)cc(C)c1NC(=O)C1([N+]2(CC)CCCCC2)CC1. The number of rotatable bonds is 6. The summed E-state index contributed by atoms with van der Waals surface area (Å²) in [6.45, 7) is 9.18. The molecule has 3 rings (SSSR count). The number of ether oxygens (including phenoxy) is 1. The van der Waals surface area contributed by atoms with Gasteiger partial charge in [-0.2, -0.15) is 0 Å². The highest BCUT2D eigenvalue weighted by atomic mass is 35.5. The zero-order chi connectivity index (χ0) is 19.7. The molecular weight excluding hydrogens is 364 g/mol. The minimum atomic E-state index is -0.458. The Bertz CT molecular complexity index is 737. The summed E-state index contributed by atoms with van der Waals surface area (Å²) < 4.78 is 6.04. The maximum Gasteiger partial charge on any atom is 0.340 e. The Labute approximate surface area is 166 Å². The van der Waals surface area contributed by atoms with E-state index < -0.39 is 5.97 Å². The molecule has 1 heterocycles. The molecule has 27 heavy (non-hydrogen) atoms. The number of esters is 1. The minimum absolute atomic E-state index is 0.0298. The van der Waals surface area contributed by atoms with Gasteiger partial charge in [0.25, 0.3) is 5.91 Å². The largest absolute Gasteiger partial charge is 0.462 e. The van der Waals surface area contributed by atoms with E-state index in [1.807, 2.05) is 6.92 Å². The van der Waals surface area contributed by atoms with Gasteiger partial charge < -0.3 is 14.5 Å².